The van der Waals surface area contributed by atoms with Crippen LogP contribution in [0.5, 0.6) is 0 Å². The third-order valence-corrected chi connectivity index (χ3v) is 4.63. The molecule has 8 nitrogen and oxygen atoms in total. The fourth-order valence-electron chi connectivity index (χ4n) is 3.12. The number of benzene rings is 1. The molecule has 0 radical (unpaired) electrons. The van der Waals surface area contributed by atoms with E-state index in [1.807, 2.05) is 30.3 Å². The van der Waals surface area contributed by atoms with Gasteiger partial charge in [-0.15, -0.1) is 5.10 Å². The number of aliphatic hydroxyl groups excluding tert-OH is 1. The molecule has 2 heterocycles. The van der Waals surface area contributed by atoms with Crippen molar-refractivity contribution in [1.82, 2.24) is 25.5 Å². The summed E-state index contributed by atoms with van der Waals surface area (Å²) in [5.41, 5.74) is 1.82. The topological polar surface area (TPSA) is 106 Å². The second-order valence-electron chi connectivity index (χ2n) is 6.52. The highest BCUT2D eigenvalue weighted by atomic mass is 16.5. The molecule has 26 heavy (non-hydrogen) atoms. The summed E-state index contributed by atoms with van der Waals surface area (Å²) in [6.45, 7) is 1.68. The average Bonchev–Trinajstić information content (AvgIpc) is 3.27. The normalized spacial score (nSPS) is 20.4. The molecule has 8 heteroatoms. The lowest BCUT2D eigenvalue weighted by molar-refractivity contribution is 0.0870. The van der Waals surface area contributed by atoms with E-state index in [9.17, 15) is 9.90 Å². The third kappa shape index (κ3) is 3.11. The number of hydrogen-bond donors (Lipinski definition) is 2. The van der Waals surface area contributed by atoms with Gasteiger partial charge < -0.3 is 14.9 Å². The zero-order chi connectivity index (χ0) is 18.1. The monoisotopic (exact) mass is 353 g/mol. The van der Waals surface area contributed by atoms with Crippen LogP contribution in [-0.4, -0.2) is 37.2 Å². The SMILES string of the molecule is CC(O)c1cnnn1[C@H]1C[C@H](NC(=O)c2cc(-c3ccccc3)on2)C1. The molecule has 0 spiro atoms. The summed E-state index contributed by atoms with van der Waals surface area (Å²) < 4.78 is 7.00. The molecule has 0 saturated heterocycles. The number of hydrogen-bond acceptors (Lipinski definition) is 6. The van der Waals surface area contributed by atoms with Crippen LogP contribution in [0.25, 0.3) is 11.3 Å². The highest BCUT2D eigenvalue weighted by molar-refractivity contribution is 5.93. The van der Waals surface area contributed by atoms with Crippen molar-refractivity contribution >= 4 is 5.91 Å². The molecule has 1 saturated carbocycles. The summed E-state index contributed by atoms with van der Waals surface area (Å²) in [5, 5.41) is 24.4. The maximum Gasteiger partial charge on any atom is 0.273 e. The Balaban J connectivity index is 1.36. The van der Waals surface area contributed by atoms with Crippen molar-refractivity contribution in [2.45, 2.75) is 38.0 Å². The maximum absolute atomic E-state index is 12.4. The van der Waals surface area contributed by atoms with Crippen LogP contribution >= 0.6 is 0 Å². The van der Waals surface area contributed by atoms with Gasteiger partial charge in [-0.3, -0.25) is 4.79 Å². The average molecular weight is 353 g/mol. The Morgan fingerprint density at radius 3 is 2.85 bits per heavy atom. The first-order chi connectivity index (χ1) is 12.6. The van der Waals surface area contributed by atoms with E-state index in [0.717, 1.165) is 18.4 Å². The summed E-state index contributed by atoms with van der Waals surface area (Å²) in [5.74, 6) is 0.306. The summed E-state index contributed by atoms with van der Waals surface area (Å²) >= 11 is 0. The van der Waals surface area contributed by atoms with Gasteiger partial charge in [-0.1, -0.05) is 40.7 Å². The lowest BCUT2D eigenvalue weighted by Gasteiger charge is -2.36. The van der Waals surface area contributed by atoms with E-state index in [1.165, 1.54) is 0 Å². The van der Waals surface area contributed by atoms with Gasteiger partial charge in [-0.25, -0.2) is 4.68 Å². The predicted molar refractivity (Wildman–Crippen MR) is 92.1 cm³/mol. The van der Waals surface area contributed by atoms with Gasteiger partial charge in [0.1, 0.15) is 0 Å². The molecule has 1 amide bonds. The minimum absolute atomic E-state index is 0.0374. The third-order valence-electron chi connectivity index (χ3n) is 4.63. The van der Waals surface area contributed by atoms with Crippen LogP contribution in [0.15, 0.2) is 47.1 Å². The van der Waals surface area contributed by atoms with Gasteiger partial charge in [0.05, 0.1) is 24.0 Å². The molecular formula is C18H19N5O3. The maximum atomic E-state index is 12.4. The zero-order valence-corrected chi connectivity index (χ0v) is 14.2. The molecule has 1 fully saturated rings. The Kier molecular flexibility index (Phi) is 4.26. The Labute approximate surface area is 149 Å². The van der Waals surface area contributed by atoms with Crippen molar-refractivity contribution < 1.29 is 14.4 Å². The lowest BCUT2D eigenvalue weighted by atomic mass is 9.86. The summed E-state index contributed by atoms with van der Waals surface area (Å²) in [7, 11) is 0. The second-order valence-corrected chi connectivity index (χ2v) is 6.52. The highest BCUT2D eigenvalue weighted by Gasteiger charge is 2.34. The summed E-state index contributed by atoms with van der Waals surface area (Å²) in [4.78, 5) is 12.4. The predicted octanol–water partition coefficient (Wildman–Crippen LogP) is 2.12. The Hall–Kier alpha value is -3.00. The van der Waals surface area contributed by atoms with Crippen molar-refractivity contribution in [3.05, 3.63) is 54.0 Å². The molecule has 0 bridgehead atoms. The summed E-state index contributed by atoms with van der Waals surface area (Å²) in [6, 6.07) is 11.3. The van der Waals surface area contributed by atoms with Crippen molar-refractivity contribution in [1.29, 1.82) is 0 Å². The number of carbonyl (C=O) groups is 1. The van der Waals surface area contributed by atoms with E-state index < -0.39 is 6.10 Å². The molecule has 3 aromatic rings. The second kappa shape index (κ2) is 6.72. The first-order valence-electron chi connectivity index (χ1n) is 8.53. The standard InChI is InChI=1S/C18H19N5O3/c1-11(24)16-10-19-22-23(16)14-7-13(8-14)20-18(25)15-9-17(26-21-15)12-5-3-2-4-6-12/h2-6,9-11,13-14,24H,7-8H2,1H3,(H,20,25)/t11?,13-,14-. The number of amides is 1. The Morgan fingerprint density at radius 2 is 2.12 bits per heavy atom. The van der Waals surface area contributed by atoms with Gasteiger partial charge in [0.15, 0.2) is 11.5 Å². The zero-order valence-electron chi connectivity index (χ0n) is 14.2. The van der Waals surface area contributed by atoms with Crippen molar-refractivity contribution in [2.24, 2.45) is 0 Å². The Bertz CT molecular complexity index is 896. The smallest absolute Gasteiger partial charge is 0.273 e. The van der Waals surface area contributed by atoms with E-state index in [0.29, 0.717) is 11.5 Å². The number of aliphatic hydroxyl groups is 1. The highest BCUT2D eigenvalue weighted by Crippen LogP contribution is 2.33. The van der Waals surface area contributed by atoms with E-state index >= 15 is 0 Å². The van der Waals surface area contributed by atoms with Gasteiger partial charge >= 0.3 is 0 Å². The van der Waals surface area contributed by atoms with Crippen LogP contribution < -0.4 is 5.32 Å². The van der Waals surface area contributed by atoms with E-state index in [2.05, 4.69) is 20.8 Å². The number of aromatic nitrogens is 4. The van der Waals surface area contributed by atoms with Gasteiger partial charge in [0, 0.05) is 17.7 Å². The molecule has 0 aliphatic heterocycles. The van der Waals surface area contributed by atoms with Crippen molar-refractivity contribution in [2.75, 3.05) is 0 Å². The molecule has 1 aliphatic rings. The minimum Gasteiger partial charge on any atom is -0.387 e. The van der Waals surface area contributed by atoms with Gasteiger partial charge in [-0.2, -0.15) is 0 Å². The minimum atomic E-state index is -0.620. The van der Waals surface area contributed by atoms with Crippen LogP contribution in [0.4, 0.5) is 0 Å². The molecule has 134 valence electrons. The lowest BCUT2D eigenvalue weighted by Crippen LogP contribution is -2.45. The van der Waals surface area contributed by atoms with Crippen LogP contribution in [0.3, 0.4) is 0 Å². The number of carbonyl (C=O) groups excluding carboxylic acids is 1. The molecule has 1 unspecified atom stereocenters. The van der Waals surface area contributed by atoms with Crippen molar-refractivity contribution in [3.63, 3.8) is 0 Å². The molecule has 1 aliphatic carbocycles. The molecule has 1 aromatic carbocycles. The van der Waals surface area contributed by atoms with Crippen molar-refractivity contribution in [3.8, 4) is 11.3 Å². The van der Waals surface area contributed by atoms with Crippen LogP contribution in [0, 0.1) is 0 Å². The van der Waals surface area contributed by atoms with E-state index in [-0.39, 0.29) is 23.7 Å². The first-order valence-corrected chi connectivity index (χ1v) is 8.53. The largest absolute Gasteiger partial charge is 0.387 e. The molecular weight excluding hydrogens is 334 g/mol. The first kappa shape index (κ1) is 16.5. The quantitative estimate of drug-likeness (QED) is 0.728. The molecule has 2 aromatic heterocycles. The fraction of sp³-hybridized carbons (Fsp3) is 0.333. The number of rotatable bonds is 5. The number of nitrogens with zero attached hydrogens (tertiary/aromatic N) is 4. The molecule has 2 N–H and O–H groups in total. The van der Waals surface area contributed by atoms with E-state index in [1.54, 1.807) is 23.9 Å². The fourth-order valence-corrected chi connectivity index (χ4v) is 3.12. The summed E-state index contributed by atoms with van der Waals surface area (Å²) in [6.07, 6.45) is 2.42. The van der Waals surface area contributed by atoms with Gasteiger partial charge in [-0.05, 0) is 19.8 Å². The van der Waals surface area contributed by atoms with Crippen LogP contribution in [-0.2, 0) is 0 Å². The molecule has 1 atom stereocenters. The Morgan fingerprint density at radius 1 is 1.35 bits per heavy atom. The van der Waals surface area contributed by atoms with E-state index in [4.69, 9.17) is 4.52 Å². The number of nitrogens with one attached hydrogen (secondary N) is 1. The van der Waals surface area contributed by atoms with Crippen LogP contribution in [0.2, 0.25) is 0 Å². The van der Waals surface area contributed by atoms with Crippen LogP contribution in [0.1, 0.15) is 48.1 Å². The van der Waals surface area contributed by atoms with Gasteiger partial charge in [0.2, 0.25) is 0 Å². The molecule has 4 rings (SSSR count). The van der Waals surface area contributed by atoms with Gasteiger partial charge in [0.25, 0.3) is 5.91 Å².